The predicted molar refractivity (Wildman–Crippen MR) is 61.6 cm³/mol. The van der Waals surface area contributed by atoms with Crippen LogP contribution in [0.15, 0.2) is 35.3 Å². The number of benzene rings is 1. The predicted octanol–water partition coefficient (Wildman–Crippen LogP) is 3.21. The van der Waals surface area contributed by atoms with Crippen LogP contribution in [-0.2, 0) is 0 Å². The summed E-state index contributed by atoms with van der Waals surface area (Å²) in [5.74, 6) is 0. The number of hydrogen-bond donors (Lipinski definition) is 0. The standard InChI is InChI=1S/C11H13NS/c1-10(12-8-5-9-13)11-6-3-2-4-7-11/h2-4,6-10H,5H2,1H3. The SMILES string of the molecule is CC(N=CCC=S)c1ccccc1. The summed E-state index contributed by atoms with van der Waals surface area (Å²) in [6, 6.07) is 10.5. The number of hydrogen-bond acceptors (Lipinski definition) is 2. The summed E-state index contributed by atoms with van der Waals surface area (Å²) >= 11 is 4.70. The molecule has 1 unspecified atom stereocenters. The van der Waals surface area contributed by atoms with Crippen molar-refractivity contribution in [1.29, 1.82) is 0 Å². The third-order valence-electron chi connectivity index (χ3n) is 1.81. The molecule has 0 aromatic heterocycles. The molecule has 0 heterocycles. The van der Waals surface area contributed by atoms with Crippen LogP contribution in [0.5, 0.6) is 0 Å². The summed E-state index contributed by atoms with van der Waals surface area (Å²) in [6.07, 6.45) is 2.64. The number of thiocarbonyl (C=S) groups is 1. The fourth-order valence-electron chi connectivity index (χ4n) is 1.08. The molecular formula is C11H13NS. The average Bonchev–Trinajstić information content (AvgIpc) is 2.19. The second kappa shape index (κ2) is 5.60. The minimum absolute atomic E-state index is 0.233. The molecule has 0 N–H and O–H groups in total. The van der Waals surface area contributed by atoms with Gasteiger partial charge < -0.3 is 0 Å². The lowest BCUT2D eigenvalue weighted by Gasteiger charge is -2.04. The van der Waals surface area contributed by atoms with Gasteiger partial charge in [-0.25, -0.2) is 0 Å². The molecule has 0 bridgehead atoms. The van der Waals surface area contributed by atoms with Crippen LogP contribution in [0.4, 0.5) is 0 Å². The Balaban J connectivity index is 2.58. The van der Waals surface area contributed by atoms with E-state index in [2.05, 4.69) is 24.0 Å². The molecule has 0 spiro atoms. The van der Waals surface area contributed by atoms with Gasteiger partial charge in [-0.3, -0.25) is 4.99 Å². The fourth-order valence-corrected chi connectivity index (χ4v) is 1.17. The molecule has 1 aromatic rings. The largest absolute Gasteiger partial charge is 0.289 e. The molecule has 1 aromatic carbocycles. The monoisotopic (exact) mass is 191 g/mol. The molecule has 68 valence electrons. The maximum Gasteiger partial charge on any atom is 0.0717 e. The maximum atomic E-state index is 4.70. The molecule has 13 heavy (non-hydrogen) atoms. The van der Waals surface area contributed by atoms with Gasteiger partial charge in [-0.15, -0.1) is 0 Å². The highest BCUT2D eigenvalue weighted by atomic mass is 32.1. The molecule has 0 amide bonds. The summed E-state index contributed by atoms with van der Waals surface area (Å²) in [4.78, 5) is 4.36. The van der Waals surface area contributed by atoms with Crippen molar-refractivity contribution in [2.45, 2.75) is 19.4 Å². The van der Waals surface area contributed by atoms with Gasteiger partial charge in [0, 0.05) is 12.6 Å². The van der Waals surface area contributed by atoms with E-state index >= 15 is 0 Å². The first-order chi connectivity index (χ1) is 6.34. The molecule has 1 rings (SSSR count). The van der Waals surface area contributed by atoms with Gasteiger partial charge in [-0.05, 0) is 17.9 Å². The minimum atomic E-state index is 0.233. The highest BCUT2D eigenvalue weighted by Crippen LogP contribution is 2.14. The van der Waals surface area contributed by atoms with Gasteiger partial charge in [-0.1, -0.05) is 42.5 Å². The van der Waals surface area contributed by atoms with Crippen molar-refractivity contribution < 1.29 is 0 Å². The Kier molecular flexibility index (Phi) is 4.33. The summed E-state index contributed by atoms with van der Waals surface area (Å²) in [5, 5.41) is 1.68. The summed E-state index contributed by atoms with van der Waals surface area (Å²) in [7, 11) is 0. The van der Waals surface area contributed by atoms with Crippen molar-refractivity contribution in [1.82, 2.24) is 0 Å². The van der Waals surface area contributed by atoms with Crippen LogP contribution in [0.25, 0.3) is 0 Å². The molecule has 0 saturated heterocycles. The lowest BCUT2D eigenvalue weighted by atomic mass is 10.1. The Morgan fingerprint density at radius 2 is 2.08 bits per heavy atom. The van der Waals surface area contributed by atoms with E-state index in [0.29, 0.717) is 0 Å². The van der Waals surface area contributed by atoms with Crippen molar-refractivity contribution in [2.75, 3.05) is 0 Å². The van der Waals surface area contributed by atoms with Crippen LogP contribution in [0.3, 0.4) is 0 Å². The smallest absolute Gasteiger partial charge is 0.0717 e. The van der Waals surface area contributed by atoms with Crippen LogP contribution >= 0.6 is 12.2 Å². The summed E-state index contributed by atoms with van der Waals surface area (Å²) < 4.78 is 0. The highest BCUT2D eigenvalue weighted by Gasteiger charge is 1.98. The lowest BCUT2D eigenvalue weighted by Crippen LogP contribution is -1.89. The molecule has 0 aliphatic heterocycles. The number of aliphatic imine (C=N–C) groups is 1. The van der Waals surface area contributed by atoms with Crippen LogP contribution in [0.1, 0.15) is 24.9 Å². The van der Waals surface area contributed by atoms with Gasteiger partial charge in [0.05, 0.1) is 6.04 Å². The Labute approximate surface area is 84.5 Å². The average molecular weight is 191 g/mol. The zero-order valence-electron chi connectivity index (χ0n) is 7.68. The van der Waals surface area contributed by atoms with Crippen molar-refractivity contribution in [3.8, 4) is 0 Å². The molecule has 0 radical (unpaired) electrons. The lowest BCUT2D eigenvalue weighted by molar-refractivity contribution is 0.823. The van der Waals surface area contributed by atoms with Crippen molar-refractivity contribution in [3.05, 3.63) is 35.9 Å². The molecule has 2 heteroatoms. The summed E-state index contributed by atoms with van der Waals surface area (Å²) in [5.41, 5.74) is 1.24. The zero-order valence-corrected chi connectivity index (χ0v) is 8.50. The van der Waals surface area contributed by atoms with E-state index in [4.69, 9.17) is 12.2 Å². The highest BCUT2D eigenvalue weighted by molar-refractivity contribution is 7.79. The number of rotatable bonds is 4. The first kappa shape index (κ1) is 10.1. The molecular weight excluding hydrogens is 178 g/mol. The molecule has 0 fully saturated rings. The number of nitrogens with zero attached hydrogens (tertiary/aromatic N) is 1. The Bertz CT molecular complexity index is 279. The quantitative estimate of drug-likeness (QED) is 0.526. The van der Waals surface area contributed by atoms with Crippen molar-refractivity contribution in [3.63, 3.8) is 0 Å². The van der Waals surface area contributed by atoms with Crippen LogP contribution in [-0.4, -0.2) is 11.6 Å². The normalized spacial score (nSPS) is 13.0. The van der Waals surface area contributed by atoms with E-state index in [1.165, 1.54) is 5.56 Å². The van der Waals surface area contributed by atoms with Gasteiger partial charge >= 0.3 is 0 Å². The van der Waals surface area contributed by atoms with Gasteiger partial charge in [-0.2, -0.15) is 0 Å². The van der Waals surface area contributed by atoms with Gasteiger partial charge in [0.15, 0.2) is 0 Å². The molecule has 0 saturated carbocycles. The Hall–Kier alpha value is -1.02. The van der Waals surface area contributed by atoms with Crippen molar-refractivity contribution >= 4 is 23.8 Å². The molecule has 0 aliphatic carbocycles. The Morgan fingerprint density at radius 3 is 2.69 bits per heavy atom. The molecule has 1 atom stereocenters. The third kappa shape index (κ3) is 3.47. The molecule has 1 nitrogen and oxygen atoms in total. The van der Waals surface area contributed by atoms with E-state index in [0.717, 1.165) is 6.42 Å². The van der Waals surface area contributed by atoms with E-state index in [1.807, 2.05) is 24.4 Å². The third-order valence-corrected chi connectivity index (χ3v) is 2.01. The van der Waals surface area contributed by atoms with E-state index < -0.39 is 0 Å². The van der Waals surface area contributed by atoms with E-state index in [1.54, 1.807) is 5.37 Å². The second-order valence-corrected chi connectivity index (χ2v) is 3.15. The maximum absolute atomic E-state index is 4.70. The second-order valence-electron chi connectivity index (χ2n) is 2.82. The van der Waals surface area contributed by atoms with Crippen LogP contribution in [0.2, 0.25) is 0 Å². The van der Waals surface area contributed by atoms with Gasteiger partial charge in [0.1, 0.15) is 0 Å². The summed E-state index contributed by atoms with van der Waals surface area (Å²) in [6.45, 7) is 2.08. The van der Waals surface area contributed by atoms with Crippen LogP contribution in [0, 0.1) is 0 Å². The minimum Gasteiger partial charge on any atom is -0.289 e. The van der Waals surface area contributed by atoms with Gasteiger partial charge in [0.25, 0.3) is 0 Å². The first-order valence-corrected chi connectivity index (χ1v) is 4.82. The fraction of sp³-hybridized carbons (Fsp3) is 0.273. The topological polar surface area (TPSA) is 12.4 Å². The molecule has 0 aliphatic rings. The first-order valence-electron chi connectivity index (χ1n) is 4.35. The Morgan fingerprint density at radius 1 is 1.38 bits per heavy atom. The van der Waals surface area contributed by atoms with E-state index in [9.17, 15) is 0 Å². The van der Waals surface area contributed by atoms with Gasteiger partial charge in [0.2, 0.25) is 0 Å². The van der Waals surface area contributed by atoms with Crippen molar-refractivity contribution in [2.24, 2.45) is 4.99 Å². The van der Waals surface area contributed by atoms with Crippen LogP contribution < -0.4 is 0 Å². The van der Waals surface area contributed by atoms with E-state index in [-0.39, 0.29) is 6.04 Å². The zero-order chi connectivity index (χ0) is 9.52.